The number of hydrogen-bond donors (Lipinski definition) is 1. The summed E-state index contributed by atoms with van der Waals surface area (Å²) in [6.07, 6.45) is 0.0101. The van der Waals surface area contributed by atoms with Gasteiger partial charge in [-0.3, -0.25) is 13.9 Å². The van der Waals surface area contributed by atoms with Crippen LogP contribution in [0.25, 0.3) is 0 Å². The van der Waals surface area contributed by atoms with Crippen LogP contribution in [0.1, 0.15) is 48.8 Å². The summed E-state index contributed by atoms with van der Waals surface area (Å²) in [6, 6.07) is 26.3. The largest absolute Gasteiger partial charge is 0.416 e. The number of benzene rings is 4. The van der Waals surface area contributed by atoms with Crippen LogP contribution in [0.5, 0.6) is 0 Å². The van der Waals surface area contributed by atoms with E-state index in [1.54, 1.807) is 24.3 Å². The van der Waals surface area contributed by atoms with E-state index in [1.165, 1.54) is 35.2 Å². The fourth-order valence-electron chi connectivity index (χ4n) is 6.02. The van der Waals surface area contributed by atoms with Crippen LogP contribution >= 0.6 is 15.9 Å². The van der Waals surface area contributed by atoms with Gasteiger partial charge in [0.05, 0.1) is 16.1 Å². The second kappa shape index (κ2) is 16.0. The highest BCUT2D eigenvalue weighted by molar-refractivity contribution is 9.10. The molecule has 49 heavy (non-hydrogen) atoms. The Hall–Kier alpha value is -4.16. The molecule has 1 saturated carbocycles. The van der Waals surface area contributed by atoms with E-state index in [4.69, 9.17) is 0 Å². The van der Waals surface area contributed by atoms with Gasteiger partial charge in [0.25, 0.3) is 10.0 Å². The molecule has 0 radical (unpaired) electrons. The van der Waals surface area contributed by atoms with Crippen LogP contribution in [-0.4, -0.2) is 43.8 Å². The lowest BCUT2D eigenvalue weighted by atomic mass is 9.94. The molecule has 0 spiro atoms. The SMILES string of the molecule is O=C(NC1CCCCC1)C(Cc1ccccc1)N(Cc1cccc(Br)c1)C(=O)CN(c1cccc(C(F)(F)F)c1)S(=O)(=O)c1ccccc1. The van der Waals surface area contributed by atoms with Crippen molar-refractivity contribution in [1.82, 2.24) is 10.2 Å². The molecule has 4 aromatic carbocycles. The number of sulfonamides is 1. The van der Waals surface area contributed by atoms with Crippen molar-refractivity contribution < 1.29 is 31.2 Å². The zero-order valence-electron chi connectivity index (χ0n) is 26.7. The molecule has 1 unspecified atom stereocenters. The molecule has 7 nitrogen and oxygen atoms in total. The number of anilines is 1. The third-order valence-electron chi connectivity index (χ3n) is 8.54. The van der Waals surface area contributed by atoms with Crippen LogP contribution in [0.2, 0.25) is 0 Å². The number of rotatable bonds is 12. The molecule has 1 aliphatic carbocycles. The lowest BCUT2D eigenvalue weighted by Gasteiger charge is -2.35. The van der Waals surface area contributed by atoms with Gasteiger partial charge in [-0.1, -0.05) is 102 Å². The van der Waals surface area contributed by atoms with Crippen LogP contribution in [0, 0.1) is 0 Å². The van der Waals surface area contributed by atoms with E-state index in [1.807, 2.05) is 36.4 Å². The summed E-state index contributed by atoms with van der Waals surface area (Å²) in [5.41, 5.74) is 0.0546. The van der Waals surface area contributed by atoms with Gasteiger partial charge in [0.2, 0.25) is 11.8 Å². The number of nitrogens with zero attached hydrogens (tertiary/aromatic N) is 2. The Morgan fingerprint density at radius 1 is 0.816 bits per heavy atom. The summed E-state index contributed by atoms with van der Waals surface area (Å²) < 4.78 is 71.1. The lowest BCUT2D eigenvalue weighted by Crippen LogP contribution is -2.55. The molecular formula is C37H37BrF3N3O4S. The van der Waals surface area contributed by atoms with Gasteiger partial charge in [-0.2, -0.15) is 13.2 Å². The molecule has 0 aliphatic heterocycles. The second-order valence-corrected chi connectivity index (χ2v) is 14.9. The van der Waals surface area contributed by atoms with Gasteiger partial charge in [0.15, 0.2) is 0 Å². The monoisotopic (exact) mass is 755 g/mol. The summed E-state index contributed by atoms with van der Waals surface area (Å²) in [5.74, 6) is -1.13. The van der Waals surface area contributed by atoms with Gasteiger partial charge in [0.1, 0.15) is 12.6 Å². The zero-order valence-corrected chi connectivity index (χ0v) is 29.1. The molecule has 1 atom stereocenters. The van der Waals surface area contributed by atoms with E-state index in [0.29, 0.717) is 15.9 Å². The number of alkyl halides is 3. The Labute approximate surface area is 293 Å². The predicted molar refractivity (Wildman–Crippen MR) is 186 cm³/mol. The minimum Gasteiger partial charge on any atom is -0.352 e. The van der Waals surface area contributed by atoms with Gasteiger partial charge in [-0.25, -0.2) is 8.42 Å². The molecular weight excluding hydrogens is 719 g/mol. The van der Waals surface area contributed by atoms with Crippen molar-refractivity contribution in [3.63, 3.8) is 0 Å². The van der Waals surface area contributed by atoms with Crippen LogP contribution in [0.15, 0.2) is 119 Å². The summed E-state index contributed by atoms with van der Waals surface area (Å²) in [6.45, 7) is -0.912. The van der Waals surface area contributed by atoms with Crippen molar-refractivity contribution in [3.8, 4) is 0 Å². The van der Waals surface area contributed by atoms with E-state index < -0.39 is 40.3 Å². The van der Waals surface area contributed by atoms with E-state index in [2.05, 4.69) is 21.2 Å². The highest BCUT2D eigenvalue weighted by Gasteiger charge is 2.37. The van der Waals surface area contributed by atoms with Crippen molar-refractivity contribution in [2.24, 2.45) is 0 Å². The number of carbonyl (C=O) groups excluding carboxylic acids is 2. The summed E-state index contributed by atoms with van der Waals surface area (Å²) in [4.78, 5) is 29.9. The topological polar surface area (TPSA) is 86.8 Å². The average molecular weight is 757 g/mol. The van der Waals surface area contributed by atoms with Crippen molar-refractivity contribution in [3.05, 3.63) is 130 Å². The van der Waals surface area contributed by atoms with Crippen molar-refractivity contribution in [1.29, 1.82) is 0 Å². The van der Waals surface area contributed by atoms with Gasteiger partial charge in [-0.05, 0) is 66.4 Å². The molecule has 2 amide bonds. The van der Waals surface area contributed by atoms with Crippen molar-refractivity contribution in [2.75, 3.05) is 10.8 Å². The first-order chi connectivity index (χ1) is 23.4. The first-order valence-electron chi connectivity index (χ1n) is 16.0. The minimum atomic E-state index is -4.76. The summed E-state index contributed by atoms with van der Waals surface area (Å²) in [5, 5.41) is 3.14. The second-order valence-electron chi connectivity index (χ2n) is 12.1. The molecule has 1 aliphatic rings. The zero-order chi connectivity index (χ0) is 35.0. The molecule has 5 rings (SSSR count). The summed E-state index contributed by atoms with van der Waals surface area (Å²) >= 11 is 3.46. The van der Waals surface area contributed by atoms with Crippen molar-refractivity contribution in [2.45, 2.75) is 68.2 Å². The number of hydrogen-bond acceptors (Lipinski definition) is 4. The molecule has 0 heterocycles. The van der Waals surface area contributed by atoms with Gasteiger partial charge in [-0.15, -0.1) is 0 Å². The number of amides is 2. The third kappa shape index (κ3) is 9.51. The van der Waals surface area contributed by atoms with Crippen molar-refractivity contribution >= 4 is 43.5 Å². The van der Waals surface area contributed by atoms with E-state index >= 15 is 0 Å². The molecule has 4 aromatic rings. The Bertz CT molecular complexity index is 1840. The van der Waals surface area contributed by atoms with Crippen LogP contribution in [0.3, 0.4) is 0 Å². The summed E-state index contributed by atoms with van der Waals surface area (Å²) in [7, 11) is -4.54. The Morgan fingerprint density at radius 2 is 1.45 bits per heavy atom. The molecule has 0 aromatic heterocycles. The average Bonchev–Trinajstić information content (AvgIpc) is 3.09. The first kappa shape index (κ1) is 36.1. The molecule has 0 bridgehead atoms. The molecule has 1 N–H and O–H groups in total. The molecule has 12 heteroatoms. The number of nitrogens with one attached hydrogen (secondary N) is 1. The number of halogens is 4. The quantitative estimate of drug-likeness (QED) is 0.160. The maximum atomic E-state index is 14.6. The van der Waals surface area contributed by atoms with E-state index in [9.17, 15) is 31.2 Å². The molecule has 258 valence electrons. The normalized spacial score (nSPS) is 14.5. The third-order valence-corrected chi connectivity index (χ3v) is 10.8. The predicted octanol–water partition coefficient (Wildman–Crippen LogP) is 7.75. The molecule has 1 fully saturated rings. The Morgan fingerprint density at radius 3 is 2.10 bits per heavy atom. The fourth-order valence-corrected chi connectivity index (χ4v) is 7.89. The van der Waals surface area contributed by atoms with Gasteiger partial charge in [0, 0.05) is 23.5 Å². The van der Waals surface area contributed by atoms with Crippen LogP contribution in [-0.2, 0) is 38.8 Å². The Balaban J connectivity index is 1.59. The van der Waals surface area contributed by atoms with E-state index in [0.717, 1.165) is 54.3 Å². The first-order valence-corrected chi connectivity index (χ1v) is 18.3. The maximum Gasteiger partial charge on any atom is 0.416 e. The lowest BCUT2D eigenvalue weighted by molar-refractivity contribution is -0.140. The highest BCUT2D eigenvalue weighted by atomic mass is 79.9. The van der Waals surface area contributed by atoms with E-state index in [-0.39, 0.29) is 35.5 Å². The van der Waals surface area contributed by atoms with Crippen LogP contribution < -0.4 is 9.62 Å². The van der Waals surface area contributed by atoms with Gasteiger partial charge >= 0.3 is 6.18 Å². The Kier molecular flexibility index (Phi) is 11.8. The molecule has 0 saturated heterocycles. The highest BCUT2D eigenvalue weighted by Crippen LogP contribution is 2.33. The number of carbonyl (C=O) groups is 2. The fraction of sp³-hybridized carbons (Fsp3) is 0.297. The standard InChI is InChI=1S/C37H37BrF3N3O4S/c38-30-16-10-14-28(22-30)25-43(34(23-27-12-4-1-5-13-27)36(46)42-31-17-6-2-7-18-31)35(45)26-44(49(47,48)33-20-8-3-9-21-33)32-19-11-15-29(24-32)37(39,40)41/h1,3-5,8-16,19-22,24,31,34H,2,6-7,17-18,23,25-26H2,(H,42,46). The smallest absolute Gasteiger partial charge is 0.352 e. The maximum absolute atomic E-state index is 14.6. The minimum absolute atomic E-state index is 0.0598. The van der Waals surface area contributed by atoms with Gasteiger partial charge < -0.3 is 10.2 Å². The van der Waals surface area contributed by atoms with Crippen LogP contribution in [0.4, 0.5) is 18.9 Å².